The lowest BCUT2D eigenvalue weighted by Crippen LogP contribution is -2.22. The van der Waals surface area contributed by atoms with E-state index in [1.165, 1.54) is 11.8 Å². The van der Waals surface area contributed by atoms with E-state index in [0.717, 1.165) is 0 Å². The Morgan fingerprint density at radius 3 is 2.74 bits per heavy atom. The number of nitrogens with two attached hydrogens (primary N) is 1. The Hall–Kier alpha value is -3.40. The zero-order valence-electron chi connectivity index (χ0n) is 17.3. The summed E-state index contributed by atoms with van der Waals surface area (Å²) in [6.07, 6.45) is 0. The number of thioether (sulfide) groups is 1. The third kappa shape index (κ3) is 3.74. The van der Waals surface area contributed by atoms with Gasteiger partial charge in [-0.25, -0.2) is 14.8 Å². The molecule has 0 bridgehead atoms. The summed E-state index contributed by atoms with van der Waals surface area (Å²) >= 11 is 1.33. The fourth-order valence-electron chi connectivity index (χ4n) is 3.36. The van der Waals surface area contributed by atoms with Crippen LogP contribution in [-0.4, -0.2) is 32.1 Å². The molecule has 0 atom stereocenters. The van der Waals surface area contributed by atoms with Crippen LogP contribution >= 0.6 is 11.8 Å². The van der Waals surface area contributed by atoms with E-state index in [4.69, 9.17) is 14.9 Å². The molecule has 0 aliphatic rings. The molecule has 0 aliphatic heterocycles. The van der Waals surface area contributed by atoms with Crippen LogP contribution in [0.25, 0.3) is 22.0 Å². The first-order valence-corrected chi connectivity index (χ1v) is 10.8. The van der Waals surface area contributed by atoms with Crippen molar-refractivity contribution in [3.8, 4) is 0 Å². The standard InChI is InChI=1S/C21H21N5O4S/c1-4-26-19(27)12-8-6-7-9-13(12)23-21(26)31-10-14-24-17(22)16-15(20(28)29-5-2)11(3)30-18(16)25-14/h6-9H,4-5,10H2,1-3H3,(H2,22,24,25). The van der Waals surface area contributed by atoms with Crippen molar-refractivity contribution >= 4 is 45.6 Å². The molecule has 3 aromatic heterocycles. The van der Waals surface area contributed by atoms with E-state index in [1.807, 2.05) is 25.1 Å². The summed E-state index contributed by atoms with van der Waals surface area (Å²) in [6.45, 7) is 5.99. The molecule has 0 fully saturated rings. The highest BCUT2D eigenvalue weighted by atomic mass is 32.2. The lowest BCUT2D eigenvalue weighted by atomic mass is 10.2. The number of aryl methyl sites for hydroxylation is 1. The van der Waals surface area contributed by atoms with Crippen LogP contribution in [0.1, 0.15) is 35.8 Å². The van der Waals surface area contributed by atoms with Gasteiger partial charge in [0.05, 0.1) is 28.6 Å². The Morgan fingerprint density at radius 2 is 2.00 bits per heavy atom. The van der Waals surface area contributed by atoms with Crippen molar-refractivity contribution in [2.45, 2.75) is 38.2 Å². The van der Waals surface area contributed by atoms with Crippen LogP contribution < -0.4 is 11.3 Å². The topological polar surface area (TPSA) is 126 Å². The average Bonchev–Trinajstić information content (AvgIpc) is 3.09. The van der Waals surface area contributed by atoms with Crippen molar-refractivity contribution in [2.24, 2.45) is 0 Å². The molecular formula is C21H21N5O4S. The molecule has 0 saturated heterocycles. The van der Waals surface area contributed by atoms with Gasteiger partial charge in [-0.3, -0.25) is 9.36 Å². The van der Waals surface area contributed by atoms with Gasteiger partial charge in [-0.15, -0.1) is 0 Å². The maximum absolute atomic E-state index is 12.8. The van der Waals surface area contributed by atoms with Gasteiger partial charge in [0, 0.05) is 6.54 Å². The van der Waals surface area contributed by atoms with Gasteiger partial charge in [0.2, 0.25) is 5.71 Å². The largest absolute Gasteiger partial charge is 0.462 e. The van der Waals surface area contributed by atoms with Crippen molar-refractivity contribution in [2.75, 3.05) is 12.3 Å². The van der Waals surface area contributed by atoms with E-state index < -0.39 is 5.97 Å². The van der Waals surface area contributed by atoms with Crippen LogP contribution in [0, 0.1) is 6.92 Å². The minimum Gasteiger partial charge on any atom is -0.462 e. The number of nitrogens with zero attached hydrogens (tertiary/aromatic N) is 4. The molecule has 0 unspecified atom stereocenters. The van der Waals surface area contributed by atoms with Gasteiger partial charge in [-0.2, -0.15) is 4.98 Å². The number of rotatable bonds is 6. The van der Waals surface area contributed by atoms with Crippen LogP contribution in [-0.2, 0) is 17.0 Å². The quantitative estimate of drug-likeness (QED) is 0.273. The van der Waals surface area contributed by atoms with E-state index in [1.54, 1.807) is 24.5 Å². The van der Waals surface area contributed by atoms with Crippen LogP contribution in [0.4, 0.5) is 5.82 Å². The molecule has 0 aliphatic carbocycles. The Labute approximate surface area is 181 Å². The number of hydrogen-bond donors (Lipinski definition) is 1. The van der Waals surface area contributed by atoms with Crippen LogP contribution in [0.5, 0.6) is 0 Å². The maximum atomic E-state index is 12.8. The number of fused-ring (bicyclic) bond motifs is 2. The minimum atomic E-state index is -0.525. The van der Waals surface area contributed by atoms with Crippen molar-refractivity contribution in [3.05, 3.63) is 51.8 Å². The molecule has 10 heteroatoms. The minimum absolute atomic E-state index is 0.0905. The molecule has 160 valence electrons. The normalized spacial score (nSPS) is 11.3. The summed E-state index contributed by atoms with van der Waals surface area (Å²) < 4.78 is 12.3. The molecule has 2 N–H and O–H groups in total. The molecule has 31 heavy (non-hydrogen) atoms. The van der Waals surface area contributed by atoms with Gasteiger partial charge < -0.3 is 14.9 Å². The summed E-state index contributed by atoms with van der Waals surface area (Å²) in [5, 5.41) is 1.49. The molecule has 0 radical (unpaired) electrons. The van der Waals surface area contributed by atoms with Gasteiger partial charge in [0.25, 0.3) is 5.56 Å². The van der Waals surface area contributed by atoms with E-state index in [0.29, 0.717) is 45.3 Å². The van der Waals surface area contributed by atoms with Gasteiger partial charge in [0.15, 0.2) is 5.16 Å². The number of esters is 1. The molecule has 9 nitrogen and oxygen atoms in total. The number of ether oxygens (including phenoxy) is 1. The molecule has 3 heterocycles. The Kier molecular flexibility index (Phi) is 5.64. The second-order valence-corrected chi connectivity index (χ2v) is 7.65. The summed E-state index contributed by atoms with van der Waals surface area (Å²) in [4.78, 5) is 38.4. The number of furan rings is 1. The fourth-order valence-corrected chi connectivity index (χ4v) is 4.28. The highest BCUT2D eigenvalue weighted by Crippen LogP contribution is 2.30. The first-order valence-electron chi connectivity index (χ1n) is 9.79. The highest BCUT2D eigenvalue weighted by Gasteiger charge is 2.24. The summed E-state index contributed by atoms with van der Waals surface area (Å²) in [5.41, 5.74) is 7.14. The number of nitrogen functional groups attached to an aromatic ring is 1. The van der Waals surface area contributed by atoms with Crippen molar-refractivity contribution in [3.63, 3.8) is 0 Å². The number of aromatic nitrogens is 4. The Bertz CT molecular complexity index is 1360. The van der Waals surface area contributed by atoms with Crippen LogP contribution in [0.2, 0.25) is 0 Å². The van der Waals surface area contributed by atoms with E-state index in [-0.39, 0.29) is 29.3 Å². The zero-order valence-corrected chi connectivity index (χ0v) is 18.2. The van der Waals surface area contributed by atoms with Crippen molar-refractivity contribution in [1.82, 2.24) is 19.5 Å². The summed E-state index contributed by atoms with van der Waals surface area (Å²) in [5.74, 6) is 0.710. The Balaban J connectivity index is 1.69. The van der Waals surface area contributed by atoms with Crippen molar-refractivity contribution in [1.29, 1.82) is 0 Å². The summed E-state index contributed by atoms with van der Waals surface area (Å²) in [7, 11) is 0. The number of benzene rings is 1. The molecule has 0 amide bonds. The first-order chi connectivity index (χ1) is 14.9. The summed E-state index contributed by atoms with van der Waals surface area (Å²) in [6, 6.07) is 7.24. The highest BCUT2D eigenvalue weighted by molar-refractivity contribution is 7.98. The van der Waals surface area contributed by atoms with Crippen molar-refractivity contribution < 1.29 is 13.9 Å². The molecule has 4 rings (SSSR count). The zero-order chi connectivity index (χ0) is 22.1. The Morgan fingerprint density at radius 1 is 1.23 bits per heavy atom. The molecule has 4 aromatic rings. The number of para-hydroxylation sites is 1. The predicted octanol–water partition coefficient (Wildman–Crippen LogP) is 3.31. The van der Waals surface area contributed by atoms with E-state index in [2.05, 4.69) is 15.0 Å². The predicted molar refractivity (Wildman–Crippen MR) is 118 cm³/mol. The maximum Gasteiger partial charge on any atom is 0.342 e. The first kappa shape index (κ1) is 20.9. The van der Waals surface area contributed by atoms with Gasteiger partial charge in [-0.1, -0.05) is 23.9 Å². The number of hydrogen-bond acceptors (Lipinski definition) is 9. The lowest BCUT2D eigenvalue weighted by molar-refractivity contribution is 0.0526. The molecule has 0 saturated carbocycles. The second kappa shape index (κ2) is 8.38. The van der Waals surface area contributed by atoms with Crippen LogP contribution in [0.3, 0.4) is 0 Å². The molecule has 0 spiro atoms. The van der Waals surface area contributed by atoms with Gasteiger partial charge in [0.1, 0.15) is 23.0 Å². The molecular weight excluding hydrogens is 418 g/mol. The second-order valence-electron chi connectivity index (χ2n) is 6.71. The van der Waals surface area contributed by atoms with Crippen LogP contribution in [0.15, 0.2) is 38.6 Å². The number of carbonyl (C=O) groups excluding carboxylic acids is 1. The third-order valence-electron chi connectivity index (χ3n) is 4.75. The smallest absolute Gasteiger partial charge is 0.342 e. The third-order valence-corrected chi connectivity index (χ3v) is 5.73. The van der Waals surface area contributed by atoms with Gasteiger partial charge >= 0.3 is 5.97 Å². The SMILES string of the molecule is CCOC(=O)c1c(C)oc2nc(CSc3nc4ccccc4c(=O)n3CC)nc(N)c12. The number of carbonyl (C=O) groups is 1. The lowest BCUT2D eigenvalue weighted by Gasteiger charge is -2.11. The average molecular weight is 439 g/mol. The van der Waals surface area contributed by atoms with E-state index in [9.17, 15) is 9.59 Å². The van der Waals surface area contributed by atoms with E-state index >= 15 is 0 Å². The molecule has 1 aromatic carbocycles. The van der Waals surface area contributed by atoms with Gasteiger partial charge in [-0.05, 0) is 32.9 Å². The monoisotopic (exact) mass is 439 g/mol. The fraction of sp³-hybridized carbons (Fsp3) is 0.286. The number of anilines is 1.